The van der Waals surface area contributed by atoms with Gasteiger partial charge in [0.1, 0.15) is 0 Å². The lowest BCUT2D eigenvalue weighted by Gasteiger charge is -2.36. The number of carbonyl (C=O) groups excluding carboxylic acids is 1. The van der Waals surface area contributed by atoms with Crippen LogP contribution in [0.3, 0.4) is 0 Å². The second-order valence-corrected chi connectivity index (χ2v) is 10.5. The molecule has 2 N–H and O–H groups in total. The van der Waals surface area contributed by atoms with Crippen molar-refractivity contribution in [2.45, 2.75) is 48.7 Å². The fourth-order valence-corrected chi connectivity index (χ4v) is 5.99. The Morgan fingerprint density at radius 3 is 2.37 bits per heavy atom. The van der Waals surface area contributed by atoms with Crippen LogP contribution in [0.1, 0.15) is 44.1 Å². The van der Waals surface area contributed by atoms with Crippen molar-refractivity contribution in [1.29, 1.82) is 0 Å². The van der Waals surface area contributed by atoms with Crippen molar-refractivity contribution < 1.29 is 13.2 Å². The molecule has 1 aliphatic carbocycles. The number of nitrogens with one attached hydrogen (secondary N) is 2. The minimum Gasteiger partial charge on any atom is -0.354 e. The van der Waals surface area contributed by atoms with Gasteiger partial charge in [-0.3, -0.25) is 4.79 Å². The van der Waals surface area contributed by atoms with E-state index in [-0.39, 0.29) is 23.7 Å². The zero-order valence-electron chi connectivity index (χ0n) is 15.6. The van der Waals surface area contributed by atoms with Gasteiger partial charge in [0, 0.05) is 23.2 Å². The van der Waals surface area contributed by atoms with E-state index in [4.69, 9.17) is 11.6 Å². The first kappa shape index (κ1) is 22.5. The minimum atomic E-state index is -3.50. The van der Waals surface area contributed by atoms with E-state index >= 15 is 0 Å². The Morgan fingerprint density at radius 1 is 1.19 bits per heavy atom. The van der Waals surface area contributed by atoms with E-state index in [0.29, 0.717) is 37.5 Å². The van der Waals surface area contributed by atoms with E-state index in [1.165, 1.54) is 6.26 Å². The van der Waals surface area contributed by atoms with Crippen molar-refractivity contribution in [3.63, 3.8) is 0 Å². The average Bonchev–Trinajstić information content (AvgIpc) is 3.09. The maximum absolute atomic E-state index is 13.0. The number of halogens is 2. The molecule has 1 heterocycles. The van der Waals surface area contributed by atoms with Crippen LogP contribution in [0, 0.1) is 0 Å². The molecule has 2 aliphatic rings. The maximum Gasteiger partial charge on any atom is 0.241 e. The largest absolute Gasteiger partial charge is 0.354 e. The highest BCUT2D eigenvalue weighted by Gasteiger charge is 2.49. The van der Waals surface area contributed by atoms with Gasteiger partial charge in [-0.05, 0) is 56.5 Å². The standard InChI is InChI=1S/C19H27ClN2O3S.ClH/c1-26(24,25)19(9-11-21-12-10-19)17(23)22-14-18(7-2-3-8-18)15-5-4-6-16(20)13-15;/h4-6,13,21H,2-3,7-12,14H2,1H3,(H,22,23);1H. The Kier molecular flexibility index (Phi) is 7.22. The lowest BCUT2D eigenvalue weighted by atomic mass is 9.78. The number of carbonyl (C=O) groups is 1. The van der Waals surface area contributed by atoms with E-state index in [1.807, 2.05) is 18.2 Å². The summed E-state index contributed by atoms with van der Waals surface area (Å²) in [5, 5.41) is 6.84. The predicted octanol–water partition coefficient (Wildman–Crippen LogP) is 2.86. The van der Waals surface area contributed by atoms with Crippen molar-refractivity contribution in [3.8, 4) is 0 Å². The summed E-state index contributed by atoms with van der Waals surface area (Å²) in [6, 6.07) is 7.81. The zero-order chi connectivity index (χ0) is 18.8. The smallest absolute Gasteiger partial charge is 0.241 e. The molecule has 1 aromatic carbocycles. The number of benzene rings is 1. The van der Waals surface area contributed by atoms with Gasteiger partial charge in [0.05, 0.1) is 0 Å². The van der Waals surface area contributed by atoms with E-state index in [9.17, 15) is 13.2 Å². The van der Waals surface area contributed by atoms with Crippen LogP contribution >= 0.6 is 24.0 Å². The molecular weight excluding hydrogens is 407 g/mol. The first-order chi connectivity index (χ1) is 12.3. The molecule has 3 rings (SSSR count). The molecule has 8 heteroatoms. The molecule has 0 aromatic heterocycles. The highest BCUT2D eigenvalue weighted by Crippen LogP contribution is 2.41. The maximum atomic E-state index is 13.0. The Morgan fingerprint density at radius 2 is 1.81 bits per heavy atom. The molecule has 0 atom stereocenters. The van der Waals surface area contributed by atoms with Crippen LogP contribution in [0.5, 0.6) is 0 Å². The summed E-state index contributed by atoms with van der Waals surface area (Å²) < 4.78 is 23.6. The van der Waals surface area contributed by atoms with Crippen molar-refractivity contribution in [2.75, 3.05) is 25.9 Å². The summed E-state index contributed by atoms with van der Waals surface area (Å²) in [7, 11) is -3.50. The van der Waals surface area contributed by atoms with E-state index in [0.717, 1.165) is 31.2 Å². The molecule has 2 fully saturated rings. The number of rotatable bonds is 5. The lowest BCUT2D eigenvalue weighted by Crippen LogP contribution is -2.58. The quantitative estimate of drug-likeness (QED) is 0.746. The van der Waals surface area contributed by atoms with Crippen LogP contribution in [0.2, 0.25) is 5.02 Å². The first-order valence-electron chi connectivity index (χ1n) is 9.24. The Hall–Kier alpha value is -0.820. The highest BCUT2D eigenvalue weighted by molar-refractivity contribution is 7.92. The molecule has 1 aromatic rings. The summed E-state index contributed by atoms with van der Waals surface area (Å²) in [4.78, 5) is 13.0. The fourth-order valence-electron chi connectivity index (χ4n) is 4.45. The topological polar surface area (TPSA) is 75.3 Å². The van der Waals surface area contributed by atoms with Gasteiger partial charge in [-0.15, -0.1) is 12.4 Å². The Labute approximate surface area is 173 Å². The van der Waals surface area contributed by atoms with Crippen LogP contribution in [0.15, 0.2) is 24.3 Å². The van der Waals surface area contributed by atoms with Gasteiger partial charge in [0.2, 0.25) is 5.91 Å². The highest BCUT2D eigenvalue weighted by atomic mass is 35.5. The summed E-state index contributed by atoms with van der Waals surface area (Å²) in [5.74, 6) is -0.352. The average molecular weight is 435 g/mol. The third-order valence-electron chi connectivity index (χ3n) is 6.12. The third-order valence-corrected chi connectivity index (χ3v) is 8.37. The van der Waals surface area contributed by atoms with E-state index in [1.54, 1.807) is 0 Å². The van der Waals surface area contributed by atoms with Crippen LogP contribution in [-0.2, 0) is 20.0 Å². The van der Waals surface area contributed by atoms with Crippen LogP contribution in [0.4, 0.5) is 0 Å². The van der Waals surface area contributed by atoms with Gasteiger partial charge in [-0.1, -0.05) is 36.6 Å². The number of sulfone groups is 1. The molecule has 0 unspecified atom stereocenters. The van der Waals surface area contributed by atoms with Crippen LogP contribution in [-0.4, -0.2) is 45.0 Å². The van der Waals surface area contributed by atoms with Crippen LogP contribution < -0.4 is 10.6 Å². The van der Waals surface area contributed by atoms with Crippen molar-refractivity contribution in [1.82, 2.24) is 10.6 Å². The van der Waals surface area contributed by atoms with Gasteiger partial charge in [0.15, 0.2) is 14.6 Å². The van der Waals surface area contributed by atoms with Crippen LogP contribution in [0.25, 0.3) is 0 Å². The zero-order valence-corrected chi connectivity index (χ0v) is 18.0. The molecule has 1 saturated carbocycles. The molecule has 5 nitrogen and oxygen atoms in total. The fraction of sp³-hybridized carbons (Fsp3) is 0.632. The van der Waals surface area contributed by atoms with Crippen molar-refractivity contribution >= 4 is 39.8 Å². The molecule has 0 bridgehead atoms. The predicted molar refractivity (Wildman–Crippen MR) is 112 cm³/mol. The van der Waals surface area contributed by atoms with E-state index in [2.05, 4.69) is 16.7 Å². The molecule has 27 heavy (non-hydrogen) atoms. The van der Waals surface area contributed by atoms with Crippen molar-refractivity contribution in [2.24, 2.45) is 0 Å². The van der Waals surface area contributed by atoms with Gasteiger partial charge >= 0.3 is 0 Å². The normalized spacial score (nSPS) is 21.3. The monoisotopic (exact) mass is 434 g/mol. The molecule has 0 radical (unpaired) electrons. The van der Waals surface area contributed by atoms with Gasteiger partial charge in [0.25, 0.3) is 0 Å². The summed E-state index contributed by atoms with van der Waals surface area (Å²) in [6.45, 7) is 1.54. The van der Waals surface area contributed by atoms with Gasteiger partial charge in [-0.2, -0.15) is 0 Å². The number of piperidine rings is 1. The van der Waals surface area contributed by atoms with E-state index < -0.39 is 14.6 Å². The SMILES string of the molecule is CS(=O)(=O)C1(C(=O)NCC2(c3cccc(Cl)c3)CCCC2)CCNCC1.Cl. The lowest BCUT2D eigenvalue weighted by molar-refractivity contribution is -0.124. The summed E-state index contributed by atoms with van der Waals surface area (Å²) >= 11 is 6.18. The Bertz CT molecular complexity index is 771. The Balaban J connectivity index is 0.00000261. The molecule has 1 amide bonds. The third kappa shape index (κ3) is 4.44. The molecule has 1 aliphatic heterocycles. The molecule has 1 saturated heterocycles. The second kappa shape index (κ2) is 8.68. The molecule has 152 valence electrons. The van der Waals surface area contributed by atoms with Gasteiger partial charge in [-0.25, -0.2) is 8.42 Å². The number of hydrogen-bond donors (Lipinski definition) is 2. The number of amides is 1. The second-order valence-electron chi connectivity index (χ2n) is 7.70. The first-order valence-corrected chi connectivity index (χ1v) is 11.5. The molecule has 0 spiro atoms. The van der Waals surface area contributed by atoms with Crippen molar-refractivity contribution in [3.05, 3.63) is 34.9 Å². The summed E-state index contributed by atoms with van der Waals surface area (Å²) in [6.07, 6.45) is 5.97. The minimum absolute atomic E-state index is 0. The number of hydrogen-bond acceptors (Lipinski definition) is 4. The summed E-state index contributed by atoms with van der Waals surface area (Å²) in [5.41, 5.74) is 0.966. The van der Waals surface area contributed by atoms with Gasteiger partial charge < -0.3 is 10.6 Å². The molecular formula is C19H28Cl2N2O3S.